The number of amides is 2. The average Bonchev–Trinajstić information content (AvgIpc) is 2.80. The van der Waals surface area contributed by atoms with Crippen LogP contribution in [0.1, 0.15) is 24.4 Å². The second-order valence-electron chi connectivity index (χ2n) is 3.95. The number of nitrogens with one attached hydrogen (secondary N) is 1. The van der Waals surface area contributed by atoms with Gasteiger partial charge >= 0.3 is 6.03 Å². The molecule has 2 amide bonds. The maximum absolute atomic E-state index is 11.0. The molecule has 0 radical (unpaired) electrons. The minimum absolute atomic E-state index is 0.0369. The monoisotopic (exact) mass is 220 g/mol. The third-order valence-corrected chi connectivity index (χ3v) is 2.79. The van der Waals surface area contributed by atoms with Crippen LogP contribution in [0.3, 0.4) is 0 Å². The van der Waals surface area contributed by atoms with Crippen molar-refractivity contribution in [1.29, 1.82) is 0 Å². The van der Waals surface area contributed by atoms with E-state index in [9.17, 15) is 4.79 Å². The Bertz CT molecular complexity index is 347. The normalized spacial score (nSPS) is 21.6. The van der Waals surface area contributed by atoms with E-state index in [2.05, 4.69) is 5.32 Å². The highest BCUT2D eigenvalue weighted by Crippen LogP contribution is 2.26. The summed E-state index contributed by atoms with van der Waals surface area (Å²) in [6, 6.07) is 9.13. The van der Waals surface area contributed by atoms with Crippen LogP contribution in [0.5, 0.6) is 0 Å². The molecule has 2 atom stereocenters. The molecule has 1 aromatic rings. The summed E-state index contributed by atoms with van der Waals surface area (Å²) in [5.41, 5.74) is 6.23. The molecule has 86 valence electrons. The summed E-state index contributed by atoms with van der Waals surface area (Å²) >= 11 is 0. The molecule has 3 N–H and O–H groups in total. The summed E-state index contributed by atoms with van der Waals surface area (Å²) in [7, 11) is 0. The van der Waals surface area contributed by atoms with Gasteiger partial charge in [0.2, 0.25) is 0 Å². The van der Waals surface area contributed by atoms with Crippen LogP contribution in [0, 0.1) is 0 Å². The first-order chi connectivity index (χ1) is 7.77. The fraction of sp³-hybridized carbons (Fsp3) is 0.417. The van der Waals surface area contributed by atoms with Gasteiger partial charge in [-0.3, -0.25) is 0 Å². The highest BCUT2D eigenvalue weighted by Gasteiger charge is 2.27. The van der Waals surface area contributed by atoms with Crippen LogP contribution in [0.2, 0.25) is 0 Å². The lowest BCUT2D eigenvalue weighted by molar-refractivity contribution is 0.0813. The van der Waals surface area contributed by atoms with Crippen molar-refractivity contribution in [2.45, 2.75) is 25.0 Å². The molecule has 1 saturated heterocycles. The molecule has 1 aromatic carbocycles. The van der Waals surface area contributed by atoms with Crippen molar-refractivity contribution < 1.29 is 9.53 Å². The van der Waals surface area contributed by atoms with Gasteiger partial charge in [0.25, 0.3) is 0 Å². The Kier molecular flexibility index (Phi) is 3.41. The molecule has 1 heterocycles. The number of carbonyl (C=O) groups excluding carboxylic acids is 1. The van der Waals surface area contributed by atoms with Crippen LogP contribution in [-0.4, -0.2) is 18.7 Å². The number of carbonyl (C=O) groups is 1. The SMILES string of the molecule is NC(=O)N[C@H](c1ccccc1)C1CCCO1. The van der Waals surface area contributed by atoms with Crippen molar-refractivity contribution in [3.05, 3.63) is 35.9 Å². The lowest BCUT2D eigenvalue weighted by Crippen LogP contribution is -2.39. The molecule has 0 saturated carbocycles. The average molecular weight is 220 g/mol. The molecule has 16 heavy (non-hydrogen) atoms. The van der Waals surface area contributed by atoms with E-state index < -0.39 is 6.03 Å². The zero-order chi connectivity index (χ0) is 11.4. The smallest absolute Gasteiger partial charge is 0.312 e. The quantitative estimate of drug-likeness (QED) is 0.812. The Hall–Kier alpha value is -1.55. The molecule has 0 spiro atoms. The largest absolute Gasteiger partial charge is 0.376 e. The standard InChI is InChI=1S/C12H16N2O2/c13-12(15)14-11(10-7-4-8-16-10)9-5-2-1-3-6-9/h1-3,5-6,10-11H,4,7-8H2,(H3,13,14,15)/t10?,11-/m1/s1. The van der Waals surface area contributed by atoms with Gasteiger partial charge in [0.1, 0.15) is 0 Å². The summed E-state index contributed by atoms with van der Waals surface area (Å²) in [6.45, 7) is 0.758. The van der Waals surface area contributed by atoms with Gasteiger partial charge in [-0.25, -0.2) is 4.79 Å². The fourth-order valence-electron chi connectivity index (χ4n) is 2.07. The van der Waals surface area contributed by atoms with Crippen molar-refractivity contribution in [2.24, 2.45) is 5.73 Å². The van der Waals surface area contributed by atoms with E-state index in [1.165, 1.54) is 0 Å². The molecule has 0 bridgehead atoms. The number of hydrogen-bond donors (Lipinski definition) is 2. The van der Waals surface area contributed by atoms with Crippen LogP contribution < -0.4 is 11.1 Å². The summed E-state index contributed by atoms with van der Waals surface area (Å²) in [5.74, 6) is 0. The number of benzene rings is 1. The van der Waals surface area contributed by atoms with Crippen LogP contribution in [0.25, 0.3) is 0 Å². The van der Waals surface area contributed by atoms with Gasteiger partial charge in [-0.05, 0) is 18.4 Å². The highest BCUT2D eigenvalue weighted by molar-refractivity contribution is 5.72. The first-order valence-corrected chi connectivity index (χ1v) is 5.50. The molecule has 4 heteroatoms. The van der Waals surface area contributed by atoms with Gasteiger partial charge in [0.15, 0.2) is 0 Å². The van der Waals surface area contributed by atoms with Gasteiger partial charge < -0.3 is 15.8 Å². The summed E-state index contributed by atoms with van der Waals surface area (Å²) < 4.78 is 5.60. The number of rotatable bonds is 3. The van der Waals surface area contributed by atoms with Gasteiger partial charge in [-0.15, -0.1) is 0 Å². The Balaban J connectivity index is 2.16. The van der Waals surface area contributed by atoms with Crippen LogP contribution in [-0.2, 0) is 4.74 Å². The van der Waals surface area contributed by atoms with Gasteiger partial charge in [0, 0.05) is 6.61 Å². The number of primary amides is 1. The van der Waals surface area contributed by atoms with Gasteiger partial charge in [-0.1, -0.05) is 30.3 Å². The van der Waals surface area contributed by atoms with E-state index in [4.69, 9.17) is 10.5 Å². The maximum atomic E-state index is 11.0. The predicted molar refractivity (Wildman–Crippen MR) is 60.9 cm³/mol. The lowest BCUT2D eigenvalue weighted by Gasteiger charge is -2.23. The molecule has 0 aliphatic carbocycles. The van der Waals surface area contributed by atoms with E-state index in [0.29, 0.717) is 0 Å². The van der Waals surface area contributed by atoms with Crippen LogP contribution in [0.4, 0.5) is 4.79 Å². The third kappa shape index (κ3) is 2.52. The highest BCUT2D eigenvalue weighted by atomic mass is 16.5. The van der Waals surface area contributed by atoms with Gasteiger partial charge in [-0.2, -0.15) is 0 Å². The Labute approximate surface area is 94.8 Å². The van der Waals surface area contributed by atoms with Crippen molar-refractivity contribution in [3.8, 4) is 0 Å². The zero-order valence-corrected chi connectivity index (χ0v) is 9.06. The first kappa shape index (κ1) is 11.0. The number of urea groups is 1. The maximum Gasteiger partial charge on any atom is 0.312 e. The molecule has 1 aliphatic heterocycles. The van der Waals surface area contributed by atoms with E-state index in [0.717, 1.165) is 25.0 Å². The van der Waals surface area contributed by atoms with Crippen molar-refractivity contribution >= 4 is 6.03 Å². The van der Waals surface area contributed by atoms with Crippen molar-refractivity contribution in [1.82, 2.24) is 5.32 Å². The number of ether oxygens (including phenoxy) is 1. The van der Waals surface area contributed by atoms with Crippen molar-refractivity contribution in [3.63, 3.8) is 0 Å². The molecular formula is C12H16N2O2. The summed E-state index contributed by atoms with van der Waals surface area (Å²) in [5, 5.41) is 2.75. The molecule has 0 aromatic heterocycles. The molecule has 1 unspecified atom stereocenters. The van der Waals surface area contributed by atoms with E-state index in [1.54, 1.807) is 0 Å². The fourth-order valence-corrected chi connectivity index (χ4v) is 2.07. The summed E-state index contributed by atoms with van der Waals surface area (Å²) in [4.78, 5) is 11.0. The van der Waals surface area contributed by atoms with Gasteiger partial charge in [0.05, 0.1) is 12.1 Å². The first-order valence-electron chi connectivity index (χ1n) is 5.50. The topological polar surface area (TPSA) is 64.4 Å². The second-order valence-corrected chi connectivity index (χ2v) is 3.95. The summed E-state index contributed by atoms with van der Waals surface area (Å²) in [6.07, 6.45) is 2.03. The minimum atomic E-state index is -0.510. The van der Waals surface area contributed by atoms with E-state index >= 15 is 0 Å². The third-order valence-electron chi connectivity index (χ3n) is 2.79. The predicted octanol–water partition coefficient (Wildman–Crippen LogP) is 1.57. The Morgan fingerprint density at radius 1 is 1.44 bits per heavy atom. The van der Waals surface area contributed by atoms with Crippen molar-refractivity contribution in [2.75, 3.05) is 6.61 Å². The molecule has 4 nitrogen and oxygen atoms in total. The zero-order valence-electron chi connectivity index (χ0n) is 9.06. The van der Waals surface area contributed by atoms with E-state index in [-0.39, 0.29) is 12.1 Å². The minimum Gasteiger partial charge on any atom is -0.376 e. The Morgan fingerprint density at radius 3 is 2.75 bits per heavy atom. The number of hydrogen-bond acceptors (Lipinski definition) is 2. The van der Waals surface area contributed by atoms with Crippen LogP contribution in [0.15, 0.2) is 30.3 Å². The molecule has 1 aliphatic rings. The molecular weight excluding hydrogens is 204 g/mol. The lowest BCUT2D eigenvalue weighted by atomic mass is 9.99. The molecule has 2 rings (SSSR count). The Morgan fingerprint density at radius 2 is 2.19 bits per heavy atom. The van der Waals surface area contributed by atoms with E-state index in [1.807, 2.05) is 30.3 Å². The van der Waals surface area contributed by atoms with Crippen LogP contribution >= 0.6 is 0 Å². The second kappa shape index (κ2) is 4.99. The molecule has 1 fully saturated rings. The number of nitrogens with two attached hydrogens (primary N) is 1.